The lowest BCUT2D eigenvalue weighted by atomic mass is 9.89. The van der Waals surface area contributed by atoms with Crippen molar-refractivity contribution in [3.8, 4) is 0 Å². The zero-order valence-electron chi connectivity index (χ0n) is 10.2. The second-order valence-electron chi connectivity index (χ2n) is 4.06. The monoisotopic (exact) mass is 244 g/mol. The van der Waals surface area contributed by atoms with Gasteiger partial charge >= 0.3 is 0 Å². The third-order valence-corrected chi connectivity index (χ3v) is 3.77. The van der Waals surface area contributed by atoms with Crippen molar-refractivity contribution in [2.45, 2.75) is 32.2 Å². The van der Waals surface area contributed by atoms with Crippen LogP contribution in [0.25, 0.3) is 0 Å². The molecule has 0 radical (unpaired) electrons. The van der Waals surface area contributed by atoms with E-state index >= 15 is 0 Å². The first kappa shape index (κ1) is 13.4. The number of hydrogen-bond donors (Lipinski definition) is 1. The van der Waals surface area contributed by atoms with E-state index in [1.54, 1.807) is 16.7 Å². The molecule has 92 valence electrons. The molecule has 0 aromatic carbocycles. The normalized spacial score (nSPS) is 19.8. The molecule has 1 fully saturated rings. The van der Waals surface area contributed by atoms with Crippen LogP contribution in [0.4, 0.5) is 0 Å². The molecule has 1 aliphatic heterocycles. The maximum Gasteiger partial charge on any atom is 0.248 e. The van der Waals surface area contributed by atoms with E-state index in [2.05, 4.69) is 5.32 Å². The Balaban J connectivity index is 2.80. The third-order valence-electron chi connectivity index (χ3n) is 3.18. The van der Waals surface area contributed by atoms with Gasteiger partial charge in [-0.3, -0.25) is 9.59 Å². The number of nitrogens with zero attached hydrogens (tertiary/aromatic N) is 1. The summed E-state index contributed by atoms with van der Waals surface area (Å²) in [6, 6.07) is 0. The van der Waals surface area contributed by atoms with Crippen molar-refractivity contribution in [3.05, 3.63) is 0 Å². The van der Waals surface area contributed by atoms with Gasteiger partial charge in [-0.25, -0.2) is 0 Å². The minimum Gasteiger partial charge on any atom is -0.340 e. The van der Waals surface area contributed by atoms with Gasteiger partial charge in [-0.1, -0.05) is 13.8 Å². The highest BCUT2D eigenvalue weighted by Gasteiger charge is 2.43. The van der Waals surface area contributed by atoms with Gasteiger partial charge in [-0.05, 0) is 19.1 Å². The number of carbonyl (C=O) groups excluding carboxylic acids is 2. The Bertz CT molecular complexity index is 277. The summed E-state index contributed by atoms with van der Waals surface area (Å²) in [7, 11) is 0. The van der Waals surface area contributed by atoms with Crippen LogP contribution in [-0.2, 0) is 9.59 Å². The maximum atomic E-state index is 12.3. The minimum absolute atomic E-state index is 0.0376. The summed E-state index contributed by atoms with van der Waals surface area (Å²) in [6.07, 6.45) is 3.31. The molecule has 0 bridgehead atoms. The molecule has 1 N–H and O–H groups in total. The highest BCUT2D eigenvalue weighted by atomic mass is 32.2. The van der Waals surface area contributed by atoms with Crippen molar-refractivity contribution < 1.29 is 9.59 Å². The fraction of sp³-hybridized carbons (Fsp3) is 0.818. The summed E-state index contributed by atoms with van der Waals surface area (Å²) < 4.78 is 0. The minimum atomic E-state index is -0.659. The lowest BCUT2D eigenvalue weighted by Gasteiger charge is -2.41. The van der Waals surface area contributed by atoms with Crippen LogP contribution >= 0.6 is 11.8 Å². The van der Waals surface area contributed by atoms with Gasteiger partial charge in [0.2, 0.25) is 11.8 Å². The number of nitrogens with one attached hydrogen (secondary N) is 1. The lowest BCUT2D eigenvalue weighted by molar-refractivity contribution is -0.150. The largest absolute Gasteiger partial charge is 0.340 e. The van der Waals surface area contributed by atoms with Crippen molar-refractivity contribution in [1.82, 2.24) is 10.2 Å². The van der Waals surface area contributed by atoms with Crippen LogP contribution in [0.15, 0.2) is 0 Å². The summed E-state index contributed by atoms with van der Waals surface area (Å²) in [5.41, 5.74) is -0.659. The quantitative estimate of drug-likeness (QED) is 0.780. The first-order valence-electron chi connectivity index (χ1n) is 5.69. The number of amides is 2. The first-order chi connectivity index (χ1) is 7.59. The smallest absolute Gasteiger partial charge is 0.248 e. The summed E-state index contributed by atoms with van der Waals surface area (Å²) in [5, 5.41) is 2.85. The zero-order chi connectivity index (χ0) is 12.2. The van der Waals surface area contributed by atoms with Crippen molar-refractivity contribution >= 4 is 23.6 Å². The molecule has 1 aliphatic rings. The molecule has 0 unspecified atom stereocenters. The molecule has 2 amide bonds. The molecule has 0 atom stereocenters. The highest BCUT2D eigenvalue weighted by molar-refractivity contribution is 7.98. The zero-order valence-corrected chi connectivity index (χ0v) is 11.0. The van der Waals surface area contributed by atoms with Crippen molar-refractivity contribution in [2.24, 2.45) is 0 Å². The number of carbonyl (C=O) groups is 2. The van der Waals surface area contributed by atoms with E-state index in [-0.39, 0.29) is 18.4 Å². The van der Waals surface area contributed by atoms with E-state index < -0.39 is 5.54 Å². The van der Waals surface area contributed by atoms with Gasteiger partial charge in [0.15, 0.2) is 0 Å². The fourth-order valence-corrected chi connectivity index (χ4v) is 2.42. The van der Waals surface area contributed by atoms with Crippen molar-refractivity contribution in [2.75, 3.05) is 25.1 Å². The van der Waals surface area contributed by atoms with Crippen LogP contribution in [0.3, 0.4) is 0 Å². The summed E-state index contributed by atoms with van der Waals surface area (Å²) in [6.45, 7) is 4.76. The summed E-state index contributed by atoms with van der Waals surface area (Å²) >= 11 is 1.69. The van der Waals surface area contributed by atoms with Crippen molar-refractivity contribution in [3.63, 3.8) is 0 Å². The standard InChI is InChI=1S/C11H20N2O2S/c1-4-11(5-2)10(15)13(6-7-16-3)8-9(14)12-11/h4-8H2,1-3H3,(H,12,14). The van der Waals surface area contributed by atoms with Gasteiger partial charge in [0, 0.05) is 12.3 Å². The van der Waals surface area contributed by atoms with Gasteiger partial charge in [0.05, 0.1) is 6.54 Å². The molecule has 0 aliphatic carbocycles. The first-order valence-corrected chi connectivity index (χ1v) is 7.08. The van der Waals surface area contributed by atoms with E-state index in [1.807, 2.05) is 20.1 Å². The number of rotatable bonds is 5. The molecule has 0 aromatic rings. The van der Waals surface area contributed by atoms with Crippen LogP contribution in [0.1, 0.15) is 26.7 Å². The van der Waals surface area contributed by atoms with E-state index in [9.17, 15) is 9.59 Å². The van der Waals surface area contributed by atoms with E-state index in [0.29, 0.717) is 19.4 Å². The molecule has 4 nitrogen and oxygen atoms in total. The van der Waals surface area contributed by atoms with Gasteiger partial charge in [0.25, 0.3) is 0 Å². The Morgan fingerprint density at radius 3 is 2.50 bits per heavy atom. The molecule has 0 spiro atoms. The maximum absolute atomic E-state index is 12.3. The predicted molar refractivity (Wildman–Crippen MR) is 66.4 cm³/mol. The van der Waals surface area contributed by atoms with E-state index in [1.165, 1.54) is 0 Å². The Morgan fingerprint density at radius 1 is 1.38 bits per heavy atom. The molecular weight excluding hydrogens is 224 g/mol. The predicted octanol–water partition coefficient (Wildman–Crippen LogP) is 0.867. The Hall–Kier alpha value is -0.710. The average Bonchev–Trinajstić information content (AvgIpc) is 2.30. The van der Waals surface area contributed by atoms with Gasteiger partial charge in [-0.15, -0.1) is 0 Å². The highest BCUT2D eigenvalue weighted by Crippen LogP contribution is 2.22. The number of thioether (sulfide) groups is 1. The molecule has 0 aromatic heterocycles. The molecule has 5 heteroatoms. The van der Waals surface area contributed by atoms with Crippen LogP contribution in [0.2, 0.25) is 0 Å². The summed E-state index contributed by atoms with van der Waals surface area (Å²) in [4.78, 5) is 25.5. The van der Waals surface area contributed by atoms with E-state index in [4.69, 9.17) is 0 Å². The average molecular weight is 244 g/mol. The van der Waals surface area contributed by atoms with Crippen LogP contribution in [0.5, 0.6) is 0 Å². The Morgan fingerprint density at radius 2 is 2.00 bits per heavy atom. The molecular formula is C11H20N2O2S. The SMILES string of the molecule is CCC1(CC)NC(=O)CN(CCSC)C1=O. The number of piperazine rings is 1. The second kappa shape index (κ2) is 5.57. The molecule has 16 heavy (non-hydrogen) atoms. The molecule has 1 heterocycles. The third kappa shape index (κ3) is 2.51. The summed E-state index contributed by atoms with van der Waals surface area (Å²) in [5.74, 6) is 0.915. The van der Waals surface area contributed by atoms with Gasteiger partial charge in [0.1, 0.15) is 5.54 Å². The van der Waals surface area contributed by atoms with Crippen LogP contribution in [-0.4, -0.2) is 47.4 Å². The fourth-order valence-electron chi connectivity index (χ4n) is 2.02. The second-order valence-corrected chi connectivity index (χ2v) is 5.04. The van der Waals surface area contributed by atoms with Crippen LogP contribution in [0, 0.1) is 0 Å². The number of hydrogen-bond acceptors (Lipinski definition) is 3. The van der Waals surface area contributed by atoms with Gasteiger partial charge < -0.3 is 10.2 Å². The van der Waals surface area contributed by atoms with Crippen molar-refractivity contribution in [1.29, 1.82) is 0 Å². The van der Waals surface area contributed by atoms with Gasteiger partial charge in [-0.2, -0.15) is 11.8 Å². The Kier molecular flexibility index (Phi) is 4.65. The Labute approximate surface area is 101 Å². The molecule has 1 rings (SSSR count). The lowest BCUT2D eigenvalue weighted by Crippen LogP contribution is -2.66. The molecule has 1 saturated heterocycles. The van der Waals surface area contributed by atoms with Crippen LogP contribution < -0.4 is 5.32 Å². The topological polar surface area (TPSA) is 49.4 Å². The molecule has 0 saturated carbocycles. The van der Waals surface area contributed by atoms with E-state index in [0.717, 1.165) is 5.75 Å².